The van der Waals surface area contributed by atoms with E-state index in [9.17, 15) is 28.4 Å². The number of non-ortho nitro benzene ring substituents is 1. The molecular weight excluding hydrogens is 239 g/mol. The molecule has 1 N–H and O–H groups in total. The van der Waals surface area contributed by atoms with Crippen molar-refractivity contribution in [2.75, 3.05) is 0 Å². The molecule has 0 saturated carbocycles. The highest BCUT2D eigenvalue weighted by atomic mass is 19.4. The summed E-state index contributed by atoms with van der Waals surface area (Å²) in [6, 6.07) is 4.45. The number of nitrogens with zero attached hydrogens (tertiary/aromatic N) is 1. The number of nitro groups is 1. The van der Waals surface area contributed by atoms with Crippen molar-refractivity contribution in [3.63, 3.8) is 0 Å². The van der Waals surface area contributed by atoms with E-state index in [1.807, 2.05) is 0 Å². The van der Waals surface area contributed by atoms with Gasteiger partial charge in [-0.15, -0.1) is 0 Å². The summed E-state index contributed by atoms with van der Waals surface area (Å²) in [5.41, 5.74) is -0.155. The highest BCUT2D eigenvalue weighted by Crippen LogP contribution is 2.18. The zero-order valence-corrected chi connectivity index (χ0v) is 8.23. The SMILES string of the molecule is O=[N+]([O-])c1ccc(C(O)C#CC(F)(F)F)cc1. The Kier molecular flexibility index (Phi) is 3.70. The minimum atomic E-state index is -4.68. The predicted molar refractivity (Wildman–Crippen MR) is 51.9 cm³/mol. The largest absolute Gasteiger partial charge is 0.457 e. The van der Waals surface area contributed by atoms with Crippen molar-refractivity contribution in [1.29, 1.82) is 0 Å². The average molecular weight is 245 g/mol. The van der Waals surface area contributed by atoms with Crippen LogP contribution in [-0.4, -0.2) is 16.2 Å². The van der Waals surface area contributed by atoms with Gasteiger partial charge in [0.05, 0.1) is 4.92 Å². The van der Waals surface area contributed by atoms with Crippen LogP contribution in [0.25, 0.3) is 0 Å². The van der Waals surface area contributed by atoms with Crippen molar-refractivity contribution in [2.24, 2.45) is 0 Å². The topological polar surface area (TPSA) is 63.4 Å². The van der Waals surface area contributed by atoms with Crippen LogP contribution in [0.1, 0.15) is 11.7 Å². The van der Waals surface area contributed by atoms with E-state index in [-0.39, 0.29) is 11.3 Å². The van der Waals surface area contributed by atoms with Crippen molar-refractivity contribution >= 4 is 5.69 Å². The average Bonchev–Trinajstić information content (AvgIpc) is 2.25. The smallest absolute Gasteiger partial charge is 0.376 e. The van der Waals surface area contributed by atoms with E-state index in [0.717, 1.165) is 30.2 Å². The molecule has 0 aliphatic rings. The van der Waals surface area contributed by atoms with Crippen LogP contribution in [0.2, 0.25) is 0 Å². The Morgan fingerprint density at radius 1 is 1.29 bits per heavy atom. The molecule has 1 atom stereocenters. The maximum Gasteiger partial charge on any atom is 0.457 e. The van der Waals surface area contributed by atoms with Crippen molar-refractivity contribution in [3.05, 3.63) is 39.9 Å². The molecule has 90 valence electrons. The van der Waals surface area contributed by atoms with E-state index in [1.54, 1.807) is 5.92 Å². The van der Waals surface area contributed by atoms with Crippen LogP contribution in [0, 0.1) is 22.0 Å². The molecule has 17 heavy (non-hydrogen) atoms. The molecule has 0 bridgehead atoms. The van der Waals surface area contributed by atoms with E-state index in [2.05, 4.69) is 0 Å². The van der Waals surface area contributed by atoms with Crippen molar-refractivity contribution in [2.45, 2.75) is 12.3 Å². The number of benzene rings is 1. The van der Waals surface area contributed by atoms with Crippen molar-refractivity contribution < 1.29 is 23.2 Å². The molecule has 0 fully saturated rings. The summed E-state index contributed by atoms with van der Waals surface area (Å²) in [7, 11) is 0. The molecule has 1 aromatic carbocycles. The van der Waals surface area contributed by atoms with Gasteiger partial charge in [-0.25, -0.2) is 0 Å². The molecular formula is C10H6F3NO3. The van der Waals surface area contributed by atoms with Gasteiger partial charge in [0.2, 0.25) is 0 Å². The summed E-state index contributed by atoms with van der Waals surface area (Å²) in [6.45, 7) is 0. The number of aliphatic hydroxyl groups excluding tert-OH is 1. The van der Waals surface area contributed by atoms with Gasteiger partial charge in [0.1, 0.15) is 6.10 Å². The number of halogens is 3. The second-order valence-corrected chi connectivity index (χ2v) is 3.02. The first-order valence-electron chi connectivity index (χ1n) is 4.31. The third-order valence-electron chi connectivity index (χ3n) is 1.77. The standard InChI is InChI=1S/C10H6F3NO3/c11-10(12,13)6-5-9(15)7-1-3-8(4-2-7)14(16)17/h1-4,9,15H. The van der Waals surface area contributed by atoms with Gasteiger partial charge >= 0.3 is 6.18 Å². The highest BCUT2D eigenvalue weighted by molar-refractivity contribution is 5.36. The Hall–Kier alpha value is -2.07. The normalized spacial score (nSPS) is 12.5. The number of alkyl halides is 3. The molecule has 0 saturated heterocycles. The Morgan fingerprint density at radius 2 is 1.82 bits per heavy atom. The number of aliphatic hydroxyl groups is 1. The minimum absolute atomic E-state index is 0.0624. The Morgan fingerprint density at radius 3 is 2.24 bits per heavy atom. The van der Waals surface area contributed by atoms with Gasteiger partial charge in [-0.3, -0.25) is 10.1 Å². The van der Waals surface area contributed by atoms with Crippen LogP contribution in [0.3, 0.4) is 0 Å². The van der Waals surface area contributed by atoms with Crippen molar-refractivity contribution in [1.82, 2.24) is 0 Å². The molecule has 1 unspecified atom stereocenters. The summed E-state index contributed by atoms with van der Waals surface area (Å²) in [5.74, 6) is 2.52. The third-order valence-corrected chi connectivity index (χ3v) is 1.77. The fraction of sp³-hybridized carbons (Fsp3) is 0.200. The van der Waals surface area contributed by atoms with Gasteiger partial charge in [-0.1, -0.05) is 5.92 Å². The van der Waals surface area contributed by atoms with Crippen LogP contribution < -0.4 is 0 Å². The first kappa shape index (κ1) is 13.0. The number of hydrogen-bond donors (Lipinski definition) is 1. The van der Waals surface area contributed by atoms with Gasteiger partial charge in [0.15, 0.2) is 0 Å². The van der Waals surface area contributed by atoms with E-state index >= 15 is 0 Å². The second kappa shape index (κ2) is 4.84. The van der Waals surface area contributed by atoms with E-state index in [1.165, 1.54) is 0 Å². The Bertz CT molecular complexity index is 470. The molecule has 4 nitrogen and oxygen atoms in total. The zero-order chi connectivity index (χ0) is 13.1. The first-order chi connectivity index (χ1) is 7.79. The predicted octanol–water partition coefficient (Wildman–Crippen LogP) is 2.19. The van der Waals surface area contributed by atoms with Crippen LogP contribution in [0.5, 0.6) is 0 Å². The molecule has 0 heterocycles. The maximum absolute atomic E-state index is 11.7. The van der Waals surface area contributed by atoms with Gasteiger partial charge in [0, 0.05) is 18.1 Å². The lowest BCUT2D eigenvalue weighted by atomic mass is 10.1. The summed E-state index contributed by atoms with van der Waals surface area (Å²) in [6.07, 6.45) is -6.31. The van der Waals surface area contributed by atoms with Crippen LogP contribution in [-0.2, 0) is 0 Å². The molecule has 0 amide bonds. The Balaban J connectivity index is 2.86. The minimum Gasteiger partial charge on any atom is -0.376 e. The fourth-order valence-corrected chi connectivity index (χ4v) is 1.01. The molecule has 1 aromatic rings. The molecule has 0 radical (unpaired) electrons. The highest BCUT2D eigenvalue weighted by Gasteiger charge is 2.23. The number of rotatable bonds is 2. The summed E-state index contributed by atoms with van der Waals surface area (Å²) in [4.78, 5) is 9.65. The summed E-state index contributed by atoms with van der Waals surface area (Å²) >= 11 is 0. The fourth-order valence-electron chi connectivity index (χ4n) is 1.01. The second-order valence-electron chi connectivity index (χ2n) is 3.02. The third kappa shape index (κ3) is 4.12. The molecule has 1 rings (SSSR count). The lowest BCUT2D eigenvalue weighted by molar-refractivity contribution is -0.384. The lowest BCUT2D eigenvalue weighted by Gasteiger charge is -2.03. The van der Waals surface area contributed by atoms with E-state index in [0.29, 0.717) is 0 Å². The van der Waals surface area contributed by atoms with Crippen LogP contribution in [0.15, 0.2) is 24.3 Å². The first-order valence-corrected chi connectivity index (χ1v) is 4.31. The quantitative estimate of drug-likeness (QED) is 0.493. The summed E-state index contributed by atoms with van der Waals surface area (Å²) < 4.78 is 35.2. The molecule has 0 aromatic heterocycles. The zero-order valence-electron chi connectivity index (χ0n) is 8.23. The van der Waals surface area contributed by atoms with Crippen LogP contribution >= 0.6 is 0 Å². The molecule has 0 aliphatic heterocycles. The lowest BCUT2D eigenvalue weighted by Crippen LogP contribution is -2.03. The summed E-state index contributed by atoms with van der Waals surface area (Å²) in [5, 5.41) is 19.6. The van der Waals surface area contributed by atoms with Gasteiger partial charge in [-0.2, -0.15) is 13.2 Å². The molecule has 0 aliphatic carbocycles. The maximum atomic E-state index is 11.7. The van der Waals surface area contributed by atoms with Gasteiger partial charge < -0.3 is 5.11 Å². The monoisotopic (exact) mass is 245 g/mol. The van der Waals surface area contributed by atoms with E-state index in [4.69, 9.17) is 0 Å². The van der Waals surface area contributed by atoms with Crippen molar-refractivity contribution in [3.8, 4) is 11.8 Å². The van der Waals surface area contributed by atoms with Gasteiger partial charge in [-0.05, 0) is 17.7 Å². The van der Waals surface area contributed by atoms with Gasteiger partial charge in [0.25, 0.3) is 5.69 Å². The van der Waals surface area contributed by atoms with E-state index < -0.39 is 17.2 Å². The van der Waals surface area contributed by atoms with Crippen LogP contribution in [0.4, 0.5) is 18.9 Å². The molecule has 0 spiro atoms. The Labute approximate surface area is 93.8 Å². The molecule has 7 heteroatoms. The number of nitro benzene ring substituents is 1. The number of hydrogen-bond acceptors (Lipinski definition) is 3.